The topological polar surface area (TPSA) is 37.4 Å². The zero-order valence-electron chi connectivity index (χ0n) is 10.5. The van der Waals surface area contributed by atoms with Crippen molar-refractivity contribution in [2.24, 2.45) is 5.92 Å². The van der Waals surface area contributed by atoms with Crippen molar-refractivity contribution < 1.29 is 9.59 Å². The first kappa shape index (κ1) is 12.1. The van der Waals surface area contributed by atoms with E-state index in [1.807, 2.05) is 12.2 Å². The van der Waals surface area contributed by atoms with Gasteiger partial charge in [-0.1, -0.05) is 38.5 Å². The molecule has 1 aliphatic carbocycles. The average Bonchev–Trinajstić information content (AvgIpc) is 2.60. The van der Waals surface area contributed by atoms with Crippen LogP contribution in [-0.2, 0) is 9.59 Å². The van der Waals surface area contributed by atoms with Gasteiger partial charge in [-0.05, 0) is 18.8 Å². The number of fused-ring (bicyclic) bond motifs is 1. The molecule has 2 unspecified atom stereocenters. The Kier molecular flexibility index (Phi) is 3.46. The molecular weight excluding hydrogens is 214 g/mol. The molecule has 0 N–H and O–H groups in total. The minimum atomic E-state index is -0.312. The SMILES string of the molecule is CCC(C)CCN1C(=O)C(=O)C2=CC=CCC21. The highest BCUT2D eigenvalue weighted by Crippen LogP contribution is 2.28. The molecule has 1 heterocycles. The molecule has 17 heavy (non-hydrogen) atoms. The third kappa shape index (κ3) is 2.19. The van der Waals surface area contributed by atoms with Crippen molar-refractivity contribution >= 4 is 11.7 Å². The lowest BCUT2D eigenvalue weighted by Crippen LogP contribution is -2.35. The summed E-state index contributed by atoms with van der Waals surface area (Å²) in [6.07, 6.45) is 8.55. The van der Waals surface area contributed by atoms with Crippen molar-refractivity contribution in [2.45, 2.75) is 39.2 Å². The summed E-state index contributed by atoms with van der Waals surface area (Å²) in [5.41, 5.74) is 0.682. The van der Waals surface area contributed by atoms with E-state index in [9.17, 15) is 9.59 Å². The molecule has 2 aliphatic rings. The van der Waals surface area contributed by atoms with Gasteiger partial charge < -0.3 is 4.90 Å². The number of rotatable bonds is 4. The first-order valence-electron chi connectivity index (χ1n) is 6.37. The lowest BCUT2D eigenvalue weighted by Gasteiger charge is -2.25. The van der Waals surface area contributed by atoms with E-state index >= 15 is 0 Å². The van der Waals surface area contributed by atoms with Crippen LogP contribution in [0.15, 0.2) is 23.8 Å². The van der Waals surface area contributed by atoms with Gasteiger partial charge in [0.15, 0.2) is 0 Å². The predicted molar refractivity (Wildman–Crippen MR) is 66.4 cm³/mol. The maximum Gasteiger partial charge on any atom is 0.295 e. The third-order valence-corrected chi connectivity index (χ3v) is 3.78. The Bertz CT molecular complexity index is 395. The van der Waals surface area contributed by atoms with Gasteiger partial charge in [0.05, 0.1) is 6.04 Å². The molecule has 0 saturated carbocycles. The summed E-state index contributed by atoms with van der Waals surface area (Å²) in [5.74, 6) is -0.0122. The molecule has 1 fully saturated rings. The van der Waals surface area contributed by atoms with E-state index in [1.165, 1.54) is 0 Å². The van der Waals surface area contributed by atoms with Gasteiger partial charge >= 0.3 is 0 Å². The van der Waals surface area contributed by atoms with Gasteiger partial charge in [-0.3, -0.25) is 9.59 Å². The second kappa shape index (κ2) is 4.86. The Morgan fingerprint density at radius 1 is 1.47 bits per heavy atom. The van der Waals surface area contributed by atoms with Crippen molar-refractivity contribution in [3.8, 4) is 0 Å². The zero-order chi connectivity index (χ0) is 12.4. The summed E-state index contributed by atoms with van der Waals surface area (Å²) >= 11 is 0. The van der Waals surface area contributed by atoms with E-state index in [0.29, 0.717) is 18.0 Å². The summed E-state index contributed by atoms with van der Waals surface area (Å²) < 4.78 is 0. The number of Topliss-reactive ketones (excluding diaryl/α,β-unsaturated/α-hetero) is 1. The molecule has 1 aliphatic heterocycles. The van der Waals surface area contributed by atoms with Crippen LogP contribution < -0.4 is 0 Å². The Morgan fingerprint density at radius 3 is 2.94 bits per heavy atom. The minimum Gasteiger partial charge on any atom is -0.328 e. The van der Waals surface area contributed by atoms with Crippen LogP contribution in [0.4, 0.5) is 0 Å². The highest BCUT2D eigenvalue weighted by Gasteiger charge is 2.42. The van der Waals surface area contributed by atoms with Gasteiger partial charge in [0.1, 0.15) is 0 Å². The number of nitrogens with zero attached hydrogens (tertiary/aromatic N) is 1. The number of likely N-dealkylation sites (tertiary alicyclic amines) is 1. The molecule has 0 bridgehead atoms. The Labute approximate surface area is 102 Å². The van der Waals surface area contributed by atoms with E-state index in [1.54, 1.807) is 11.0 Å². The molecule has 2 atom stereocenters. The number of allylic oxidation sites excluding steroid dienone is 2. The number of hydrogen-bond acceptors (Lipinski definition) is 2. The Morgan fingerprint density at radius 2 is 2.24 bits per heavy atom. The number of carbonyl (C=O) groups excluding carboxylic acids is 2. The van der Waals surface area contributed by atoms with E-state index in [-0.39, 0.29) is 17.7 Å². The second-order valence-corrected chi connectivity index (χ2v) is 4.93. The Hall–Kier alpha value is -1.38. The van der Waals surface area contributed by atoms with E-state index in [2.05, 4.69) is 13.8 Å². The third-order valence-electron chi connectivity index (χ3n) is 3.78. The fraction of sp³-hybridized carbons (Fsp3) is 0.571. The van der Waals surface area contributed by atoms with Crippen LogP contribution in [0.5, 0.6) is 0 Å². The smallest absolute Gasteiger partial charge is 0.295 e. The summed E-state index contributed by atoms with van der Waals surface area (Å²) in [4.78, 5) is 25.4. The molecule has 1 amide bonds. The van der Waals surface area contributed by atoms with Gasteiger partial charge in [-0.25, -0.2) is 0 Å². The maximum absolute atomic E-state index is 11.9. The van der Waals surface area contributed by atoms with Crippen LogP contribution in [0.2, 0.25) is 0 Å². The number of ketones is 1. The molecule has 3 nitrogen and oxygen atoms in total. The van der Waals surface area contributed by atoms with E-state index in [4.69, 9.17) is 0 Å². The van der Waals surface area contributed by atoms with Gasteiger partial charge in [-0.15, -0.1) is 0 Å². The van der Waals surface area contributed by atoms with Crippen LogP contribution in [0.3, 0.4) is 0 Å². The number of amides is 1. The van der Waals surface area contributed by atoms with E-state index in [0.717, 1.165) is 19.3 Å². The molecule has 0 spiro atoms. The summed E-state index contributed by atoms with van der Waals surface area (Å²) in [7, 11) is 0. The highest BCUT2D eigenvalue weighted by molar-refractivity contribution is 6.45. The molecule has 0 aromatic carbocycles. The first-order chi connectivity index (χ1) is 8.15. The molecular formula is C14H19NO2. The summed E-state index contributed by atoms with van der Waals surface area (Å²) in [6.45, 7) is 5.03. The summed E-state index contributed by atoms with van der Waals surface area (Å²) in [5, 5.41) is 0. The maximum atomic E-state index is 11.9. The number of carbonyl (C=O) groups is 2. The quantitative estimate of drug-likeness (QED) is 0.697. The van der Waals surface area contributed by atoms with Gasteiger partial charge in [0.25, 0.3) is 5.91 Å². The fourth-order valence-corrected chi connectivity index (χ4v) is 2.36. The molecule has 0 radical (unpaired) electrons. The molecule has 0 aromatic heterocycles. The van der Waals surface area contributed by atoms with Gasteiger partial charge in [0, 0.05) is 12.1 Å². The lowest BCUT2D eigenvalue weighted by molar-refractivity contribution is -0.139. The molecule has 3 heteroatoms. The van der Waals surface area contributed by atoms with Gasteiger partial charge in [-0.2, -0.15) is 0 Å². The fourth-order valence-electron chi connectivity index (χ4n) is 2.36. The standard InChI is InChI=1S/C14H19NO2/c1-3-10(2)8-9-15-12-7-5-4-6-11(12)13(16)14(15)17/h4-6,10,12H,3,7-9H2,1-2H3. The predicted octanol–water partition coefficient (Wildman–Crippen LogP) is 2.09. The van der Waals surface area contributed by atoms with Crippen molar-refractivity contribution in [3.63, 3.8) is 0 Å². The molecule has 2 rings (SSSR count). The van der Waals surface area contributed by atoms with Crippen LogP contribution in [0.25, 0.3) is 0 Å². The average molecular weight is 233 g/mol. The molecule has 1 saturated heterocycles. The zero-order valence-corrected chi connectivity index (χ0v) is 10.5. The monoisotopic (exact) mass is 233 g/mol. The van der Waals surface area contributed by atoms with Crippen molar-refractivity contribution in [3.05, 3.63) is 23.8 Å². The van der Waals surface area contributed by atoms with Crippen LogP contribution >= 0.6 is 0 Å². The lowest BCUT2D eigenvalue weighted by atomic mass is 9.98. The number of hydrogen-bond donors (Lipinski definition) is 0. The van der Waals surface area contributed by atoms with Crippen molar-refractivity contribution in [1.29, 1.82) is 0 Å². The molecule has 92 valence electrons. The highest BCUT2D eigenvalue weighted by atomic mass is 16.2. The van der Waals surface area contributed by atoms with Crippen LogP contribution in [0, 0.1) is 5.92 Å². The van der Waals surface area contributed by atoms with E-state index < -0.39 is 0 Å². The molecule has 0 aromatic rings. The largest absolute Gasteiger partial charge is 0.328 e. The minimum absolute atomic E-state index is 0.00376. The van der Waals surface area contributed by atoms with Crippen LogP contribution in [0.1, 0.15) is 33.1 Å². The van der Waals surface area contributed by atoms with Crippen molar-refractivity contribution in [2.75, 3.05) is 6.54 Å². The van der Waals surface area contributed by atoms with Crippen molar-refractivity contribution in [1.82, 2.24) is 4.90 Å². The summed E-state index contributed by atoms with van der Waals surface area (Å²) in [6, 6.07) is 0.00376. The Balaban J connectivity index is 2.08. The van der Waals surface area contributed by atoms with Crippen LogP contribution in [-0.4, -0.2) is 29.2 Å². The van der Waals surface area contributed by atoms with Gasteiger partial charge in [0.2, 0.25) is 5.78 Å². The normalized spacial score (nSPS) is 24.9. The second-order valence-electron chi connectivity index (χ2n) is 4.93. The first-order valence-corrected chi connectivity index (χ1v) is 6.37.